The largest absolute Gasteiger partial charge is 0.493 e. The fraction of sp³-hybridized carbons (Fsp3) is 0.263. The number of nitrogens with zero attached hydrogens (tertiary/aromatic N) is 4. The number of ether oxygens (including phenoxy) is 3. The van der Waals surface area contributed by atoms with Crippen LogP contribution < -0.4 is 14.2 Å². The average molecular weight is 416 g/mol. The molecule has 0 amide bonds. The van der Waals surface area contributed by atoms with E-state index in [0.29, 0.717) is 39.5 Å². The van der Waals surface area contributed by atoms with E-state index >= 15 is 0 Å². The van der Waals surface area contributed by atoms with Gasteiger partial charge < -0.3 is 14.2 Å². The van der Waals surface area contributed by atoms with Crippen LogP contribution in [0.5, 0.6) is 17.2 Å². The molecule has 0 radical (unpaired) electrons. The molecule has 0 atom stereocenters. The van der Waals surface area contributed by atoms with Crippen molar-refractivity contribution in [2.45, 2.75) is 12.1 Å². The van der Waals surface area contributed by atoms with Crippen LogP contribution in [0.3, 0.4) is 0 Å². The van der Waals surface area contributed by atoms with E-state index in [1.165, 1.54) is 31.0 Å². The number of non-ortho nitro benzene ring substituents is 1. The predicted octanol–water partition coefficient (Wildman–Crippen LogP) is 3.98. The van der Waals surface area contributed by atoms with Gasteiger partial charge in [-0.1, -0.05) is 18.7 Å². The summed E-state index contributed by atoms with van der Waals surface area (Å²) in [5.74, 6) is 2.80. The van der Waals surface area contributed by atoms with Crippen molar-refractivity contribution in [2.24, 2.45) is 0 Å². The third kappa shape index (κ3) is 3.97. The monoisotopic (exact) mass is 416 g/mol. The minimum Gasteiger partial charge on any atom is -0.493 e. The van der Waals surface area contributed by atoms with Gasteiger partial charge in [0.2, 0.25) is 5.75 Å². The average Bonchev–Trinajstić information content (AvgIpc) is 3.16. The van der Waals surface area contributed by atoms with E-state index in [4.69, 9.17) is 14.2 Å². The Hall–Kier alpha value is -3.27. The highest BCUT2D eigenvalue weighted by Crippen LogP contribution is 2.41. The van der Waals surface area contributed by atoms with Crippen LogP contribution in [0.2, 0.25) is 0 Å². The lowest BCUT2D eigenvalue weighted by Gasteiger charge is -2.15. The smallest absolute Gasteiger partial charge is 0.269 e. The molecule has 3 aromatic rings. The second-order valence-electron chi connectivity index (χ2n) is 5.76. The van der Waals surface area contributed by atoms with Crippen LogP contribution in [0.4, 0.5) is 5.69 Å². The zero-order chi connectivity index (χ0) is 21.0. The summed E-state index contributed by atoms with van der Waals surface area (Å²) < 4.78 is 18.1. The van der Waals surface area contributed by atoms with Crippen molar-refractivity contribution in [3.63, 3.8) is 0 Å². The van der Waals surface area contributed by atoms with E-state index in [2.05, 4.69) is 10.2 Å². The van der Waals surface area contributed by atoms with Crippen molar-refractivity contribution in [3.8, 4) is 34.3 Å². The van der Waals surface area contributed by atoms with Gasteiger partial charge in [0, 0.05) is 17.7 Å². The molecule has 29 heavy (non-hydrogen) atoms. The lowest BCUT2D eigenvalue weighted by Crippen LogP contribution is -2.01. The van der Waals surface area contributed by atoms with Crippen LogP contribution in [-0.2, 0) is 0 Å². The Bertz CT molecular complexity index is 995. The summed E-state index contributed by atoms with van der Waals surface area (Å²) in [4.78, 5) is 10.6. The van der Waals surface area contributed by atoms with Crippen molar-refractivity contribution >= 4 is 17.4 Å². The highest BCUT2D eigenvalue weighted by Gasteiger charge is 2.21. The van der Waals surface area contributed by atoms with Gasteiger partial charge in [0.05, 0.1) is 31.9 Å². The summed E-state index contributed by atoms with van der Waals surface area (Å²) in [6.07, 6.45) is 0. The standard InChI is InChI=1S/C19H20N4O5S/c1-5-29-19-21-20-18(22(19)13-6-8-14(9-7-13)23(24)25)12-10-15(26-2)17(28-4)16(11-12)27-3/h6-11H,5H2,1-4H3. The molecule has 152 valence electrons. The highest BCUT2D eigenvalue weighted by molar-refractivity contribution is 7.99. The van der Waals surface area contributed by atoms with Crippen molar-refractivity contribution in [1.82, 2.24) is 14.8 Å². The number of benzene rings is 2. The molecule has 9 nitrogen and oxygen atoms in total. The van der Waals surface area contributed by atoms with Gasteiger partial charge in [-0.05, 0) is 30.0 Å². The summed E-state index contributed by atoms with van der Waals surface area (Å²) >= 11 is 1.52. The number of aromatic nitrogens is 3. The van der Waals surface area contributed by atoms with Crippen molar-refractivity contribution in [1.29, 1.82) is 0 Å². The molecule has 1 heterocycles. The number of hydrogen-bond donors (Lipinski definition) is 0. The minimum absolute atomic E-state index is 0.0147. The zero-order valence-corrected chi connectivity index (χ0v) is 17.2. The molecule has 0 N–H and O–H groups in total. The first-order valence-corrected chi connectivity index (χ1v) is 9.66. The predicted molar refractivity (Wildman–Crippen MR) is 110 cm³/mol. The summed E-state index contributed by atoms with van der Waals surface area (Å²) in [5.41, 5.74) is 1.43. The Morgan fingerprint density at radius 3 is 2.14 bits per heavy atom. The Balaban J connectivity index is 2.19. The molecule has 3 rings (SSSR count). The van der Waals surface area contributed by atoms with Crippen LogP contribution in [0.25, 0.3) is 17.1 Å². The zero-order valence-electron chi connectivity index (χ0n) is 16.4. The molecular formula is C19H20N4O5S. The summed E-state index contributed by atoms with van der Waals surface area (Å²) in [6, 6.07) is 9.82. The van der Waals surface area contributed by atoms with Crippen LogP contribution in [0, 0.1) is 10.1 Å². The molecule has 0 aliphatic carbocycles. The van der Waals surface area contributed by atoms with E-state index in [1.807, 2.05) is 11.5 Å². The molecule has 0 aliphatic heterocycles. The Kier molecular flexibility index (Phi) is 6.23. The fourth-order valence-electron chi connectivity index (χ4n) is 2.85. The van der Waals surface area contributed by atoms with Gasteiger partial charge in [0.1, 0.15) is 0 Å². The van der Waals surface area contributed by atoms with Crippen LogP contribution in [0.1, 0.15) is 6.92 Å². The number of thioether (sulfide) groups is 1. The molecule has 1 aromatic heterocycles. The van der Waals surface area contributed by atoms with Crippen LogP contribution >= 0.6 is 11.8 Å². The number of hydrogen-bond acceptors (Lipinski definition) is 8. The summed E-state index contributed by atoms with van der Waals surface area (Å²) in [6.45, 7) is 2.01. The minimum atomic E-state index is -0.433. The Labute approximate surface area is 171 Å². The first-order chi connectivity index (χ1) is 14.0. The fourth-order valence-corrected chi connectivity index (χ4v) is 3.52. The number of nitro benzene ring substituents is 1. The summed E-state index contributed by atoms with van der Waals surface area (Å²) in [7, 11) is 4.62. The maximum atomic E-state index is 11.0. The van der Waals surface area contributed by atoms with Gasteiger partial charge in [-0.3, -0.25) is 14.7 Å². The number of methoxy groups -OCH3 is 3. The molecular weight excluding hydrogens is 396 g/mol. The second-order valence-corrected chi connectivity index (χ2v) is 6.99. The van der Waals surface area contributed by atoms with Gasteiger partial charge >= 0.3 is 0 Å². The molecule has 10 heteroatoms. The van der Waals surface area contributed by atoms with E-state index < -0.39 is 4.92 Å². The second kappa shape index (κ2) is 8.82. The van der Waals surface area contributed by atoms with Gasteiger partial charge in [-0.15, -0.1) is 10.2 Å². The molecule has 0 bridgehead atoms. The first-order valence-electron chi connectivity index (χ1n) is 8.67. The highest BCUT2D eigenvalue weighted by atomic mass is 32.2. The normalized spacial score (nSPS) is 10.6. The van der Waals surface area contributed by atoms with Crippen molar-refractivity contribution in [2.75, 3.05) is 27.1 Å². The van der Waals surface area contributed by atoms with Crippen molar-refractivity contribution < 1.29 is 19.1 Å². The third-order valence-electron chi connectivity index (χ3n) is 4.15. The van der Waals surface area contributed by atoms with E-state index in [-0.39, 0.29) is 5.69 Å². The summed E-state index contributed by atoms with van der Waals surface area (Å²) in [5, 5.41) is 20.3. The molecule has 0 unspecified atom stereocenters. The van der Waals surface area contributed by atoms with Gasteiger partial charge in [-0.25, -0.2) is 0 Å². The molecule has 2 aromatic carbocycles. The maximum Gasteiger partial charge on any atom is 0.269 e. The number of rotatable bonds is 8. The van der Waals surface area contributed by atoms with Gasteiger partial charge in [-0.2, -0.15) is 0 Å². The molecule has 0 saturated heterocycles. The lowest BCUT2D eigenvalue weighted by atomic mass is 10.1. The van der Waals surface area contributed by atoms with Crippen molar-refractivity contribution in [3.05, 3.63) is 46.5 Å². The molecule has 0 saturated carbocycles. The lowest BCUT2D eigenvalue weighted by molar-refractivity contribution is -0.384. The molecule has 0 fully saturated rings. The number of nitro groups is 1. The van der Waals surface area contributed by atoms with E-state index in [0.717, 1.165) is 5.75 Å². The maximum absolute atomic E-state index is 11.0. The van der Waals surface area contributed by atoms with Gasteiger partial charge in [0.25, 0.3) is 5.69 Å². The van der Waals surface area contributed by atoms with Crippen LogP contribution in [0.15, 0.2) is 41.6 Å². The quantitative estimate of drug-likeness (QED) is 0.309. The topological polar surface area (TPSA) is 102 Å². The Morgan fingerprint density at radius 2 is 1.66 bits per heavy atom. The van der Waals surface area contributed by atoms with E-state index in [1.54, 1.807) is 38.5 Å². The molecule has 0 spiro atoms. The first kappa shape index (κ1) is 20.5. The SMILES string of the molecule is CCSc1nnc(-c2cc(OC)c(OC)c(OC)c2)n1-c1ccc([N+](=O)[O-])cc1. The van der Waals surface area contributed by atoms with Crippen LogP contribution in [-0.4, -0.2) is 46.8 Å². The Morgan fingerprint density at radius 1 is 1.03 bits per heavy atom. The molecule has 0 aliphatic rings. The van der Waals surface area contributed by atoms with Gasteiger partial charge in [0.15, 0.2) is 22.5 Å². The van der Waals surface area contributed by atoms with E-state index in [9.17, 15) is 10.1 Å². The third-order valence-corrected chi connectivity index (χ3v) is 4.96.